The van der Waals surface area contributed by atoms with E-state index >= 15 is 0 Å². The largest absolute Gasteiger partial charge is 0.336 e. The van der Waals surface area contributed by atoms with Crippen LogP contribution in [0.25, 0.3) is 0 Å². The molecule has 0 aliphatic carbocycles. The zero-order valence-electron chi connectivity index (χ0n) is 11.9. The summed E-state index contributed by atoms with van der Waals surface area (Å²) in [6.45, 7) is 1.86. The Morgan fingerprint density at radius 1 is 1.53 bits per heavy atom. The third-order valence-electron chi connectivity index (χ3n) is 3.64. The second kappa shape index (κ2) is 6.66. The van der Waals surface area contributed by atoms with Crippen LogP contribution < -0.4 is 0 Å². The van der Waals surface area contributed by atoms with Crippen molar-refractivity contribution in [2.24, 2.45) is 0 Å². The Hall–Kier alpha value is -1.42. The summed E-state index contributed by atoms with van der Waals surface area (Å²) in [6, 6.07) is 4.26. The third-order valence-corrected chi connectivity index (χ3v) is 3.64. The molecule has 0 aromatic carbocycles. The van der Waals surface area contributed by atoms with Crippen molar-refractivity contribution < 1.29 is 4.79 Å². The van der Waals surface area contributed by atoms with Gasteiger partial charge in [0.25, 0.3) is 0 Å². The molecule has 1 unspecified atom stereocenters. The second-order valence-electron chi connectivity index (χ2n) is 5.44. The van der Waals surface area contributed by atoms with E-state index in [9.17, 15) is 4.79 Å². The van der Waals surface area contributed by atoms with Crippen LogP contribution in [0.2, 0.25) is 0 Å². The molecule has 1 aliphatic heterocycles. The van der Waals surface area contributed by atoms with Crippen LogP contribution in [0.4, 0.5) is 0 Å². The Morgan fingerprint density at radius 3 is 3.05 bits per heavy atom. The zero-order chi connectivity index (χ0) is 13.7. The predicted octanol–water partition coefficient (Wildman–Crippen LogP) is 2.09. The van der Waals surface area contributed by atoms with E-state index in [1.807, 2.05) is 31.3 Å². The molecule has 2 rings (SSSR count). The van der Waals surface area contributed by atoms with Gasteiger partial charge in [0, 0.05) is 25.4 Å². The highest BCUT2D eigenvalue weighted by Gasteiger charge is 2.29. The summed E-state index contributed by atoms with van der Waals surface area (Å²) in [5.41, 5.74) is 1.17. The van der Waals surface area contributed by atoms with Gasteiger partial charge in [-0.1, -0.05) is 6.07 Å². The normalized spacial score (nSPS) is 19.1. The Balaban J connectivity index is 1.93. The quantitative estimate of drug-likeness (QED) is 0.814. The van der Waals surface area contributed by atoms with Gasteiger partial charge >= 0.3 is 0 Å². The molecule has 104 valence electrons. The second-order valence-corrected chi connectivity index (χ2v) is 5.44. The first-order valence-electron chi connectivity index (χ1n) is 7.02. The van der Waals surface area contributed by atoms with E-state index in [0.29, 0.717) is 6.42 Å². The van der Waals surface area contributed by atoms with Gasteiger partial charge in [-0.2, -0.15) is 0 Å². The fraction of sp³-hybridized carbons (Fsp3) is 0.600. The number of hydrogen-bond donors (Lipinski definition) is 0. The summed E-state index contributed by atoms with van der Waals surface area (Å²) in [5.74, 6) is 0.285. The number of nitrogens with zero attached hydrogens (tertiary/aromatic N) is 3. The number of hydrogen-bond acceptors (Lipinski definition) is 3. The lowest BCUT2D eigenvalue weighted by atomic mass is 10.1. The van der Waals surface area contributed by atoms with E-state index in [1.165, 1.54) is 5.56 Å². The van der Waals surface area contributed by atoms with Crippen LogP contribution in [0.5, 0.6) is 0 Å². The Labute approximate surface area is 115 Å². The summed E-state index contributed by atoms with van der Waals surface area (Å²) in [4.78, 5) is 20.6. The topological polar surface area (TPSA) is 36.4 Å². The molecular weight excluding hydrogens is 238 g/mol. The molecule has 0 N–H and O–H groups in total. The van der Waals surface area contributed by atoms with Crippen molar-refractivity contribution in [1.82, 2.24) is 14.8 Å². The number of likely N-dealkylation sites (tertiary alicyclic amines) is 1. The fourth-order valence-electron chi connectivity index (χ4n) is 2.67. The minimum Gasteiger partial charge on any atom is -0.336 e. The van der Waals surface area contributed by atoms with Crippen molar-refractivity contribution >= 4 is 5.91 Å². The average molecular weight is 261 g/mol. The van der Waals surface area contributed by atoms with Crippen molar-refractivity contribution in [2.45, 2.75) is 31.7 Å². The van der Waals surface area contributed by atoms with Crippen LogP contribution in [0.3, 0.4) is 0 Å². The first kappa shape index (κ1) is 14.0. The van der Waals surface area contributed by atoms with Crippen molar-refractivity contribution in [3.05, 3.63) is 30.1 Å². The molecule has 19 heavy (non-hydrogen) atoms. The van der Waals surface area contributed by atoms with Gasteiger partial charge in [0.05, 0.1) is 6.04 Å². The van der Waals surface area contributed by atoms with Gasteiger partial charge in [0.15, 0.2) is 0 Å². The number of amides is 1. The number of carbonyl (C=O) groups is 1. The number of carbonyl (C=O) groups excluding carboxylic acids is 1. The summed E-state index contributed by atoms with van der Waals surface area (Å²) in [5, 5.41) is 0. The van der Waals surface area contributed by atoms with Gasteiger partial charge in [0.2, 0.25) is 5.91 Å². The molecule has 1 saturated heterocycles. The van der Waals surface area contributed by atoms with Crippen LogP contribution in [0, 0.1) is 0 Å². The van der Waals surface area contributed by atoms with E-state index in [1.54, 1.807) is 6.20 Å². The van der Waals surface area contributed by atoms with Crippen LogP contribution in [0.1, 0.15) is 37.3 Å². The van der Waals surface area contributed by atoms with Crippen LogP contribution in [0.15, 0.2) is 24.5 Å². The monoisotopic (exact) mass is 261 g/mol. The molecule has 4 nitrogen and oxygen atoms in total. The van der Waals surface area contributed by atoms with Crippen molar-refractivity contribution in [1.29, 1.82) is 0 Å². The highest BCUT2D eigenvalue weighted by molar-refractivity contribution is 5.77. The highest BCUT2D eigenvalue weighted by atomic mass is 16.2. The molecule has 0 saturated carbocycles. The lowest BCUT2D eigenvalue weighted by Crippen LogP contribution is -2.31. The standard InChI is InChI=1S/C15H23N3O/c1-17(2)10-5-8-15(19)18-11-4-7-14(18)13-6-3-9-16-12-13/h3,6,9,12,14H,4-5,7-8,10-11H2,1-2H3. The summed E-state index contributed by atoms with van der Waals surface area (Å²) in [7, 11) is 4.08. The van der Waals surface area contributed by atoms with Gasteiger partial charge in [-0.25, -0.2) is 0 Å². The molecule has 0 radical (unpaired) electrons. The van der Waals surface area contributed by atoms with Crippen LogP contribution in [-0.2, 0) is 4.79 Å². The zero-order valence-corrected chi connectivity index (χ0v) is 11.9. The van der Waals surface area contributed by atoms with Gasteiger partial charge in [-0.15, -0.1) is 0 Å². The lowest BCUT2D eigenvalue weighted by molar-refractivity contribution is -0.132. The molecule has 0 bridgehead atoms. The van der Waals surface area contributed by atoms with E-state index < -0.39 is 0 Å². The molecule has 0 spiro atoms. The number of pyridine rings is 1. The molecule has 2 heterocycles. The summed E-state index contributed by atoms with van der Waals surface area (Å²) >= 11 is 0. The van der Waals surface area contributed by atoms with Crippen molar-refractivity contribution in [3.63, 3.8) is 0 Å². The smallest absolute Gasteiger partial charge is 0.223 e. The van der Waals surface area contributed by atoms with E-state index in [4.69, 9.17) is 0 Å². The molecule has 1 amide bonds. The maximum Gasteiger partial charge on any atom is 0.223 e. The molecule has 1 aliphatic rings. The van der Waals surface area contributed by atoms with Crippen molar-refractivity contribution in [3.8, 4) is 0 Å². The number of rotatable bonds is 5. The maximum absolute atomic E-state index is 12.3. The molecule has 1 aromatic rings. The number of aromatic nitrogens is 1. The maximum atomic E-state index is 12.3. The molecule has 1 fully saturated rings. The predicted molar refractivity (Wildman–Crippen MR) is 75.7 cm³/mol. The summed E-state index contributed by atoms with van der Waals surface area (Å²) in [6.07, 6.45) is 7.40. The first-order valence-corrected chi connectivity index (χ1v) is 7.02. The minimum atomic E-state index is 0.237. The molecule has 4 heteroatoms. The minimum absolute atomic E-state index is 0.237. The van der Waals surface area contributed by atoms with E-state index in [0.717, 1.165) is 32.4 Å². The van der Waals surface area contributed by atoms with E-state index in [2.05, 4.69) is 16.0 Å². The van der Waals surface area contributed by atoms with Gasteiger partial charge < -0.3 is 9.80 Å². The molecule has 1 atom stereocenters. The fourth-order valence-corrected chi connectivity index (χ4v) is 2.67. The summed E-state index contributed by atoms with van der Waals surface area (Å²) < 4.78 is 0. The average Bonchev–Trinajstić information content (AvgIpc) is 2.88. The SMILES string of the molecule is CN(C)CCCC(=O)N1CCCC1c1cccnc1. The molecule has 1 aromatic heterocycles. The first-order chi connectivity index (χ1) is 9.18. The van der Waals surface area contributed by atoms with E-state index in [-0.39, 0.29) is 11.9 Å². The Morgan fingerprint density at radius 2 is 2.37 bits per heavy atom. The van der Waals surface area contributed by atoms with Crippen molar-refractivity contribution in [2.75, 3.05) is 27.2 Å². The van der Waals surface area contributed by atoms with Gasteiger partial charge in [-0.3, -0.25) is 9.78 Å². The Kier molecular flexibility index (Phi) is 4.91. The molecular formula is C15H23N3O. The van der Waals surface area contributed by atoms with Crippen LogP contribution >= 0.6 is 0 Å². The lowest BCUT2D eigenvalue weighted by Gasteiger charge is -2.25. The van der Waals surface area contributed by atoms with Gasteiger partial charge in [0.1, 0.15) is 0 Å². The Bertz CT molecular complexity index is 405. The third kappa shape index (κ3) is 3.77. The highest BCUT2D eigenvalue weighted by Crippen LogP contribution is 2.31. The van der Waals surface area contributed by atoms with Crippen LogP contribution in [-0.4, -0.2) is 47.9 Å². The van der Waals surface area contributed by atoms with Gasteiger partial charge in [-0.05, 0) is 51.5 Å².